The number of aliphatic hydroxyl groups excluding tert-OH is 1. The van der Waals surface area contributed by atoms with Gasteiger partial charge in [-0.15, -0.1) is 0 Å². The lowest BCUT2D eigenvalue weighted by atomic mass is 9.99. The summed E-state index contributed by atoms with van der Waals surface area (Å²) in [6.07, 6.45) is 0.118. The largest absolute Gasteiger partial charge is 0.391 e. The topological polar surface area (TPSA) is 357 Å². The van der Waals surface area contributed by atoms with Crippen molar-refractivity contribution in [2.45, 2.75) is 136 Å². The maximum Gasteiger partial charge on any atom is 0.245 e. The number of guanidine groups is 1. The van der Waals surface area contributed by atoms with Crippen molar-refractivity contribution in [3.8, 4) is 0 Å². The Morgan fingerprint density at radius 2 is 1.11 bits per heavy atom. The van der Waals surface area contributed by atoms with Crippen LogP contribution < -0.4 is 60.2 Å². The predicted molar refractivity (Wildman–Crippen MR) is 213 cm³/mol. The van der Waals surface area contributed by atoms with E-state index in [9.17, 15) is 43.5 Å². The first-order chi connectivity index (χ1) is 26.5. The van der Waals surface area contributed by atoms with E-state index < -0.39 is 102 Å². The number of rotatable bonds is 27. The summed E-state index contributed by atoms with van der Waals surface area (Å²) in [6.45, 7) is 12.8. The van der Waals surface area contributed by atoms with Crippen molar-refractivity contribution in [2.24, 2.45) is 45.7 Å². The van der Waals surface area contributed by atoms with Gasteiger partial charge in [-0.2, -0.15) is 0 Å². The molecule has 0 aliphatic rings. The van der Waals surface area contributed by atoms with E-state index in [-0.39, 0.29) is 43.6 Å². The highest BCUT2D eigenvalue weighted by molar-refractivity contribution is 5.97. The third-order valence-electron chi connectivity index (χ3n) is 8.58. The number of carbonyl (C=O) groups is 8. The zero-order valence-corrected chi connectivity index (χ0v) is 34.6. The van der Waals surface area contributed by atoms with Crippen molar-refractivity contribution in [1.82, 2.24) is 37.2 Å². The molecule has 0 rings (SSSR count). The second kappa shape index (κ2) is 26.7. The zero-order chi connectivity index (χ0) is 44.0. The molecule has 0 radical (unpaired) electrons. The van der Waals surface area contributed by atoms with Gasteiger partial charge in [0.05, 0.1) is 12.6 Å². The molecule has 7 atom stereocenters. The first kappa shape index (κ1) is 51.9. The molecule has 0 aliphatic carbocycles. The average Bonchev–Trinajstić information content (AvgIpc) is 3.09. The van der Waals surface area contributed by atoms with E-state index in [0.717, 1.165) is 0 Å². The minimum Gasteiger partial charge on any atom is -0.391 e. The molecule has 0 aromatic carbocycles. The number of aliphatic imine (C=N–C) groups is 1. The lowest BCUT2D eigenvalue weighted by molar-refractivity contribution is -0.137. The van der Waals surface area contributed by atoms with Crippen molar-refractivity contribution in [3.63, 3.8) is 0 Å². The predicted octanol–water partition coefficient (Wildman–Crippen LogP) is -3.56. The fourth-order valence-electron chi connectivity index (χ4n) is 5.54. The van der Waals surface area contributed by atoms with Gasteiger partial charge in [0.2, 0.25) is 47.3 Å². The number of carbonyl (C=O) groups excluding carboxylic acids is 8. The van der Waals surface area contributed by atoms with Gasteiger partial charge in [0, 0.05) is 13.5 Å². The van der Waals surface area contributed by atoms with Crippen LogP contribution in [0.2, 0.25) is 0 Å². The van der Waals surface area contributed by atoms with Gasteiger partial charge in [-0.1, -0.05) is 41.5 Å². The van der Waals surface area contributed by atoms with Crippen LogP contribution in [0, 0.1) is 17.8 Å². The van der Waals surface area contributed by atoms with Gasteiger partial charge < -0.3 is 65.3 Å². The molecular formula is C36H68N12O9. The number of nitrogens with one attached hydrogen (secondary N) is 7. The fourth-order valence-corrected chi connectivity index (χ4v) is 5.54. The molecule has 0 aromatic rings. The quantitative estimate of drug-likeness (QED) is 0.0218. The molecule has 0 fully saturated rings. The second-order valence-electron chi connectivity index (χ2n) is 15.1. The number of amides is 8. The average molecular weight is 813 g/mol. The van der Waals surface area contributed by atoms with Crippen molar-refractivity contribution in [2.75, 3.05) is 19.6 Å². The Balaban J connectivity index is 5.97. The summed E-state index contributed by atoms with van der Waals surface area (Å²) in [6, 6.07) is -7.08. The van der Waals surface area contributed by atoms with Gasteiger partial charge in [-0.05, 0) is 69.7 Å². The molecule has 0 aromatic heterocycles. The number of nitrogens with two attached hydrogens (primary N) is 4. The minimum atomic E-state index is -1.57. The highest BCUT2D eigenvalue weighted by atomic mass is 16.3. The van der Waals surface area contributed by atoms with Crippen molar-refractivity contribution >= 4 is 53.2 Å². The van der Waals surface area contributed by atoms with Crippen LogP contribution >= 0.6 is 0 Å². The number of unbranched alkanes of at least 4 members (excludes halogenated alkanes) is 1. The van der Waals surface area contributed by atoms with Crippen LogP contribution in [0.1, 0.15) is 93.9 Å². The van der Waals surface area contributed by atoms with Gasteiger partial charge in [0.15, 0.2) is 5.96 Å². The lowest BCUT2D eigenvalue weighted by Crippen LogP contribution is -2.61. The van der Waals surface area contributed by atoms with Crippen LogP contribution in [0.4, 0.5) is 0 Å². The first-order valence-electron chi connectivity index (χ1n) is 19.3. The Labute approximate surface area is 335 Å². The number of aliphatic hydroxyl groups is 1. The third kappa shape index (κ3) is 21.2. The Kier molecular flexibility index (Phi) is 24.4. The molecular weight excluding hydrogens is 744 g/mol. The Bertz CT molecular complexity index is 1390. The molecule has 21 nitrogen and oxygen atoms in total. The Morgan fingerprint density at radius 3 is 1.60 bits per heavy atom. The molecule has 0 unspecified atom stereocenters. The van der Waals surface area contributed by atoms with Crippen molar-refractivity contribution in [3.05, 3.63) is 0 Å². The molecule has 0 aliphatic heterocycles. The maximum absolute atomic E-state index is 13.5. The van der Waals surface area contributed by atoms with Crippen molar-refractivity contribution < 1.29 is 43.5 Å². The number of nitrogens with zero attached hydrogens (tertiary/aromatic N) is 1. The Morgan fingerprint density at radius 1 is 0.596 bits per heavy atom. The second-order valence-corrected chi connectivity index (χ2v) is 15.1. The highest BCUT2D eigenvalue weighted by Crippen LogP contribution is 2.10. The number of hydrogen-bond acceptors (Lipinski definition) is 11. The van der Waals surface area contributed by atoms with Gasteiger partial charge in [0.1, 0.15) is 36.3 Å². The zero-order valence-electron chi connectivity index (χ0n) is 34.6. The highest BCUT2D eigenvalue weighted by Gasteiger charge is 2.35. The van der Waals surface area contributed by atoms with Gasteiger partial charge >= 0.3 is 0 Å². The third-order valence-corrected chi connectivity index (χ3v) is 8.58. The normalized spacial score (nSPS) is 14.8. The van der Waals surface area contributed by atoms with Crippen LogP contribution in [0.15, 0.2) is 4.99 Å². The van der Waals surface area contributed by atoms with Crippen LogP contribution in [0.3, 0.4) is 0 Å². The molecule has 0 saturated heterocycles. The molecule has 0 heterocycles. The minimum absolute atomic E-state index is 0.0372. The first-order valence-corrected chi connectivity index (χ1v) is 19.3. The summed E-state index contributed by atoms with van der Waals surface area (Å²) >= 11 is 0. The fraction of sp³-hybridized carbons (Fsp3) is 0.750. The summed E-state index contributed by atoms with van der Waals surface area (Å²) in [5.74, 6) is -6.72. The van der Waals surface area contributed by atoms with Crippen LogP contribution in [-0.2, 0) is 38.4 Å². The van der Waals surface area contributed by atoms with Gasteiger partial charge in [0.25, 0.3) is 0 Å². The van der Waals surface area contributed by atoms with E-state index in [0.29, 0.717) is 25.8 Å². The number of primary amides is 1. The summed E-state index contributed by atoms with van der Waals surface area (Å²) in [5.41, 5.74) is 21.8. The smallest absolute Gasteiger partial charge is 0.245 e. The molecule has 57 heavy (non-hydrogen) atoms. The van der Waals surface area contributed by atoms with E-state index in [2.05, 4.69) is 42.2 Å². The van der Waals surface area contributed by atoms with E-state index >= 15 is 0 Å². The van der Waals surface area contributed by atoms with Crippen LogP contribution in [-0.4, -0.2) is 120 Å². The maximum atomic E-state index is 13.5. The monoisotopic (exact) mass is 813 g/mol. The number of hydrogen-bond donors (Lipinski definition) is 12. The molecule has 326 valence electrons. The van der Waals surface area contributed by atoms with Crippen LogP contribution in [0.5, 0.6) is 0 Å². The molecule has 21 heteroatoms. The van der Waals surface area contributed by atoms with Gasteiger partial charge in [-0.3, -0.25) is 43.3 Å². The summed E-state index contributed by atoms with van der Waals surface area (Å²) in [7, 11) is 0. The standard InChI is InChI=1S/C36H68N12O9/c1-18(2)16-25(43-22(8)50)33(55)47-28(20(5)6)34(56)48-29(21(7)49)35(57)45-23(12-9-10-14-37)31(53)42-17-26(51)44-24(13-11-15-41-36(39)40)32(54)46-27(19(3)4)30(38)52/h18-21,23-25,27-29,49H,9-17,37H2,1-8H3,(H2,38,52)(H,42,53)(H,43,50)(H,44,51)(H,45,57)(H,46,54)(H,47,55)(H,48,56)(H4,39,40,41)/t21-,23+,24+,25+,27+,28+,29+/m1/s1. The molecule has 0 spiro atoms. The van der Waals surface area contributed by atoms with E-state index in [1.807, 2.05) is 13.8 Å². The van der Waals surface area contributed by atoms with E-state index in [1.54, 1.807) is 27.7 Å². The van der Waals surface area contributed by atoms with Crippen LogP contribution in [0.25, 0.3) is 0 Å². The van der Waals surface area contributed by atoms with Gasteiger partial charge in [-0.25, -0.2) is 0 Å². The van der Waals surface area contributed by atoms with Crippen molar-refractivity contribution in [1.29, 1.82) is 0 Å². The lowest BCUT2D eigenvalue weighted by Gasteiger charge is -2.29. The van der Waals surface area contributed by atoms with E-state index in [4.69, 9.17) is 22.9 Å². The molecule has 0 bridgehead atoms. The summed E-state index contributed by atoms with van der Waals surface area (Å²) in [5, 5.41) is 28.3. The molecule has 8 amide bonds. The SMILES string of the molecule is CC(=O)N[C@@H](CC(C)C)C(=O)N[C@H](C(=O)N[C@H](C(=O)N[C@@H](CCCCN)C(=O)NCC(=O)N[C@@H](CCCN=C(N)N)C(=O)N[C@H](C(N)=O)C(C)C)[C@@H](C)O)C(C)C. The summed E-state index contributed by atoms with van der Waals surface area (Å²) in [4.78, 5) is 107. The Hall–Kier alpha value is -5.05. The summed E-state index contributed by atoms with van der Waals surface area (Å²) < 4.78 is 0. The molecule has 0 saturated carbocycles. The van der Waals surface area contributed by atoms with E-state index in [1.165, 1.54) is 13.8 Å². The molecule has 16 N–H and O–H groups in total.